The maximum Gasteiger partial charge on any atom is 0.250 e. The van der Waals surface area contributed by atoms with Crippen LogP contribution in [0, 0.1) is 5.92 Å². The molecule has 6 heteroatoms. The van der Waals surface area contributed by atoms with Crippen LogP contribution in [0.1, 0.15) is 47.9 Å². The van der Waals surface area contributed by atoms with Gasteiger partial charge in [-0.05, 0) is 43.4 Å². The molecule has 0 bridgehead atoms. The molecule has 120 valence electrons. The lowest BCUT2D eigenvalue weighted by Gasteiger charge is -2.19. The Morgan fingerprint density at radius 3 is 2.95 bits per heavy atom. The third kappa shape index (κ3) is 2.89. The summed E-state index contributed by atoms with van der Waals surface area (Å²) in [7, 11) is 0. The zero-order chi connectivity index (χ0) is 15.7. The topological polar surface area (TPSA) is 77.1 Å². The van der Waals surface area contributed by atoms with Gasteiger partial charge in [-0.1, -0.05) is 6.92 Å². The van der Waals surface area contributed by atoms with E-state index in [2.05, 4.69) is 16.8 Å². The van der Waals surface area contributed by atoms with Gasteiger partial charge in [0.25, 0.3) is 5.91 Å². The first-order valence-corrected chi connectivity index (χ1v) is 9.03. The minimum atomic E-state index is -0.372. The summed E-state index contributed by atoms with van der Waals surface area (Å²) < 4.78 is 2.16. The maximum absolute atomic E-state index is 12.3. The van der Waals surface area contributed by atoms with E-state index in [9.17, 15) is 9.59 Å². The summed E-state index contributed by atoms with van der Waals surface area (Å²) in [6, 6.07) is 1.86. The van der Waals surface area contributed by atoms with E-state index in [0.717, 1.165) is 49.4 Å². The lowest BCUT2D eigenvalue weighted by atomic mass is 10.0. The number of fused-ring (bicyclic) bond motifs is 1. The fourth-order valence-corrected chi connectivity index (χ4v) is 4.89. The molecule has 2 amide bonds. The first-order chi connectivity index (χ1) is 10.6. The molecule has 2 atom stereocenters. The van der Waals surface area contributed by atoms with Crippen LogP contribution >= 0.6 is 11.8 Å². The van der Waals surface area contributed by atoms with Crippen LogP contribution in [0.15, 0.2) is 6.07 Å². The number of amides is 2. The van der Waals surface area contributed by atoms with Crippen LogP contribution < -0.4 is 11.1 Å². The molecule has 3 N–H and O–H groups in total. The van der Waals surface area contributed by atoms with E-state index in [1.807, 2.05) is 6.07 Å². The summed E-state index contributed by atoms with van der Waals surface area (Å²) in [6.45, 7) is 3.51. The Bertz CT molecular complexity index is 596. The second-order valence-corrected chi connectivity index (χ2v) is 7.49. The van der Waals surface area contributed by atoms with E-state index in [1.54, 1.807) is 11.8 Å². The monoisotopic (exact) mass is 321 g/mol. The average molecular weight is 321 g/mol. The second-order valence-electron chi connectivity index (χ2n) is 6.24. The molecule has 0 aromatic carbocycles. The quantitative estimate of drug-likeness (QED) is 0.886. The molecule has 1 aromatic heterocycles. The van der Waals surface area contributed by atoms with Crippen molar-refractivity contribution in [3.8, 4) is 0 Å². The third-order valence-corrected chi connectivity index (χ3v) is 6.20. The number of aromatic nitrogens is 1. The fraction of sp³-hybridized carbons (Fsp3) is 0.625. The Morgan fingerprint density at radius 1 is 1.45 bits per heavy atom. The molecule has 1 fully saturated rings. The molecule has 2 aliphatic rings. The van der Waals surface area contributed by atoms with Gasteiger partial charge in [0, 0.05) is 17.9 Å². The Balaban J connectivity index is 1.72. The molecule has 3 rings (SSSR count). The van der Waals surface area contributed by atoms with Gasteiger partial charge in [0.05, 0.1) is 17.4 Å². The predicted molar refractivity (Wildman–Crippen MR) is 87.8 cm³/mol. The summed E-state index contributed by atoms with van der Waals surface area (Å²) >= 11 is 1.74. The minimum absolute atomic E-state index is 0.0615. The second kappa shape index (κ2) is 6.36. The van der Waals surface area contributed by atoms with Crippen molar-refractivity contribution in [3.05, 3.63) is 23.0 Å². The largest absolute Gasteiger partial charge is 0.366 e. The highest BCUT2D eigenvalue weighted by molar-refractivity contribution is 8.00. The zero-order valence-corrected chi connectivity index (χ0v) is 13.7. The van der Waals surface area contributed by atoms with Gasteiger partial charge in [-0.25, -0.2) is 0 Å². The molecule has 22 heavy (non-hydrogen) atoms. The molecule has 1 aromatic rings. The Labute approximate surface area is 135 Å². The van der Waals surface area contributed by atoms with Crippen molar-refractivity contribution < 1.29 is 9.59 Å². The van der Waals surface area contributed by atoms with Gasteiger partial charge in [0.2, 0.25) is 5.91 Å². The number of nitrogens with one attached hydrogen (secondary N) is 1. The average Bonchev–Trinajstić information content (AvgIpc) is 3.09. The normalized spacial score (nSPS) is 24.0. The molecule has 2 aliphatic heterocycles. The van der Waals surface area contributed by atoms with Crippen LogP contribution in [0.25, 0.3) is 0 Å². The molecule has 1 saturated heterocycles. The lowest BCUT2D eigenvalue weighted by Crippen LogP contribution is -2.34. The first kappa shape index (κ1) is 15.5. The Morgan fingerprint density at radius 2 is 2.27 bits per heavy atom. The standard InChI is InChI=1S/C16H23N3O2S/c1-10-5-7-22-14(10)16(21)18-9-11-8-12(15(17)20)13-4-2-3-6-19(11)13/h8,10,14H,2-7,9H2,1H3,(H2,17,20)(H,18,21). The fourth-order valence-electron chi connectivity index (χ4n) is 3.43. The van der Waals surface area contributed by atoms with Gasteiger partial charge < -0.3 is 15.6 Å². The van der Waals surface area contributed by atoms with E-state index < -0.39 is 0 Å². The van der Waals surface area contributed by atoms with E-state index in [4.69, 9.17) is 5.73 Å². The number of carbonyl (C=O) groups excluding carboxylic acids is 2. The molecule has 3 heterocycles. The molecule has 0 spiro atoms. The van der Waals surface area contributed by atoms with Crippen molar-refractivity contribution in [1.82, 2.24) is 9.88 Å². The molecule has 0 saturated carbocycles. The zero-order valence-electron chi connectivity index (χ0n) is 12.9. The van der Waals surface area contributed by atoms with Crippen LogP contribution in [-0.2, 0) is 24.3 Å². The van der Waals surface area contributed by atoms with Gasteiger partial charge in [0.1, 0.15) is 0 Å². The molecular formula is C16H23N3O2S. The van der Waals surface area contributed by atoms with Gasteiger partial charge in [-0.15, -0.1) is 11.8 Å². The van der Waals surface area contributed by atoms with Crippen molar-refractivity contribution >= 4 is 23.6 Å². The number of rotatable bonds is 4. The number of primary amides is 1. The van der Waals surface area contributed by atoms with Crippen LogP contribution in [-0.4, -0.2) is 27.4 Å². The predicted octanol–water partition coefficient (Wildman–Crippen LogP) is 1.68. The van der Waals surface area contributed by atoms with Crippen molar-refractivity contribution in [2.75, 3.05) is 5.75 Å². The van der Waals surface area contributed by atoms with E-state index in [1.165, 1.54) is 0 Å². The highest BCUT2D eigenvalue weighted by Crippen LogP contribution is 2.32. The van der Waals surface area contributed by atoms with Crippen molar-refractivity contribution in [3.63, 3.8) is 0 Å². The summed E-state index contributed by atoms with van der Waals surface area (Å²) in [5.74, 6) is 1.24. The van der Waals surface area contributed by atoms with E-state index in [0.29, 0.717) is 18.0 Å². The van der Waals surface area contributed by atoms with Crippen molar-refractivity contribution in [2.45, 2.75) is 50.9 Å². The van der Waals surface area contributed by atoms with Crippen LogP contribution in [0.2, 0.25) is 0 Å². The molecular weight excluding hydrogens is 298 g/mol. The number of nitrogens with two attached hydrogens (primary N) is 1. The highest BCUT2D eigenvalue weighted by Gasteiger charge is 2.30. The Kier molecular flexibility index (Phi) is 4.47. The van der Waals surface area contributed by atoms with Crippen molar-refractivity contribution in [2.24, 2.45) is 11.7 Å². The van der Waals surface area contributed by atoms with Gasteiger partial charge in [-0.3, -0.25) is 9.59 Å². The Hall–Kier alpha value is -1.43. The number of nitrogens with zero attached hydrogens (tertiary/aromatic N) is 1. The maximum atomic E-state index is 12.3. The van der Waals surface area contributed by atoms with E-state index >= 15 is 0 Å². The van der Waals surface area contributed by atoms with Crippen LogP contribution in [0.3, 0.4) is 0 Å². The summed E-state index contributed by atoms with van der Waals surface area (Å²) in [5, 5.41) is 3.10. The number of hydrogen-bond acceptors (Lipinski definition) is 3. The molecule has 5 nitrogen and oxygen atoms in total. The van der Waals surface area contributed by atoms with Crippen LogP contribution in [0.5, 0.6) is 0 Å². The lowest BCUT2D eigenvalue weighted by molar-refractivity contribution is -0.121. The molecule has 2 unspecified atom stereocenters. The highest BCUT2D eigenvalue weighted by atomic mass is 32.2. The number of thioether (sulfide) groups is 1. The summed E-state index contributed by atoms with van der Waals surface area (Å²) in [5.41, 5.74) is 8.13. The van der Waals surface area contributed by atoms with Gasteiger partial charge >= 0.3 is 0 Å². The van der Waals surface area contributed by atoms with Gasteiger partial charge in [-0.2, -0.15) is 0 Å². The van der Waals surface area contributed by atoms with E-state index in [-0.39, 0.29) is 17.1 Å². The molecule has 0 radical (unpaired) electrons. The molecule has 0 aliphatic carbocycles. The third-order valence-electron chi connectivity index (χ3n) is 4.69. The summed E-state index contributed by atoms with van der Waals surface area (Å²) in [4.78, 5) is 23.9. The smallest absolute Gasteiger partial charge is 0.250 e. The van der Waals surface area contributed by atoms with Crippen molar-refractivity contribution in [1.29, 1.82) is 0 Å². The number of carbonyl (C=O) groups is 2. The van der Waals surface area contributed by atoms with Crippen LogP contribution in [0.4, 0.5) is 0 Å². The SMILES string of the molecule is CC1CCSC1C(=O)NCc1cc(C(N)=O)c2n1CCCC2. The first-order valence-electron chi connectivity index (χ1n) is 7.98. The minimum Gasteiger partial charge on any atom is -0.366 e. The van der Waals surface area contributed by atoms with Gasteiger partial charge in [0.15, 0.2) is 0 Å². The summed E-state index contributed by atoms with van der Waals surface area (Å²) in [6.07, 6.45) is 4.19. The number of hydrogen-bond donors (Lipinski definition) is 2.